The first kappa shape index (κ1) is 12.4. The summed E-state index contributed by atoms with van der Waals surface area (Å²) in [5, 5.41) is 18.6. The molecule has 2 N–H and O–H groups in total. The van der Waals surface area contributed by atoms with Gasteiger partial charge < -0.3 is 15.1 Å². The van der Waals surface area contributed by atoms with E-state index in [1.54, 1.807) is 12.1 Å². The van der Waals surface area contributed by atoms with Crippen LogP contribution in [-0.4, -0.2) is 40.1 Å². The highest BCUT2D eigenvalue weighted by Gasteiger charge is 2.37. The van der Waals surface area contributed by atoms with Gasteiger partial charge >= 0.3 is 5.97 Å². The molecule has 2 atom stereocenters. The molecule has 1 fully saturated rings. The van der Waals surface area contributed by atoms with E-state index in [4.69, 9.17) is 5.11 Å². The molecule has 1 aliphatic heterocycles. The molecule has 1 heterocycles. The maximum absolute atomic E-state index is 12.2. The fraction of sp³-hybridized carbons (Fsp3) is 0.385. The standard InChI is InChI=1S/C13H15NO4/c1-8-6-14(7-10(8)13(17)18)12(16)9-4-2-3-5-11(9)15/h2-5,8,10,15H,6-7H2,1H3,(H,17,18)/t8-,10-/m1/s1. The summed E-state index contributed by atoms with van der Waals surface area (Å²) in [4.78, 5) is 24.6. The molecule has 96 valence electrons. The number of carbonyl (C=O) groups is 2. The monoisotopic (exact) mass is 249 g/mol. The van der Waals surface area contributed by atoms with Crippen LogP contribution in [-0.2, 0) is 4.79 Å². The highest BCUT2D eigenvalue weighted by molar-refractivity contribution is 5.97. The number of para-hydroxylation sites is 1. The van der Waals surface area contributed by atoms with E-state index in [9.17, 15) is 14.7 Å². The van der Waals surface area contributed by atoms with Crippen LogP contribution in [0.5, 0.6) is 5.75 Å². The zero-order valence-corrected chi connectivity index (χ0v) is 10.0. The van der Waals surface area contributed by atoms with Gasteiger partial charge in [-0.05, 0) is 18.1 Å². The number of amides is 1. The van der Waals surface area contributed by atoms with Crippen molar-refractivity contribution in [3.05, 3.63) is 29.8 Å². The van der Waals surface area contributed by atoms with Gasteiger partial charge in [0.2, 0.25) is 0 Å². The molecule has 1 aromatic carbocycles. The van der Waals surface area contributed by atoms with Crippen molar-refractivity contribution in [3.8, 4) is 5.75 Å². The number of likely N-dealkylation sites (tertiary alicyclic amines) is 1. The molecule has 0 saturated carbocycles. The lowest BCUT2D eigenvalue weighted by molar-refractivity contribution is -0.142. The topological polar surface area (TPSA) is 77.8 Å². The minimum atomic E-state index is -0.880. The number of aliphatic carboxylic acids is 1. The van der Waals surface area contributed by atoms with Crippen LogP contribution in [0, 0.1) is 11.8 Å². The third-order valence-corrected chi connectivity index (χ3v) is 3.35. The summed E-state index contributed by atoms with van der Waals surface area (Å²) in [7, 11) is 0. The van der Waals surface area contributed by atoms with Crippen molar-refractivity contribution in [2.45, 2.75) is 6.92 Å². The highest BCUT2D eigenvalue weighted by atomic mass is 16.4. The van der Waals surface area contributed by atoms with E-state index in [0.717, 1.165) is 0 Å². The Balaban J connectivity index is 2.17. The van der Waals surface area contributed by atoms with Crippen LogP contribution in [0.1, 0.15) is 17.3 Å². The Morgan fingerprint density at radius 2 is 1.94 bits per heavy atom. The zero-order valence-electron chi connectivity index (χ0n) is 10.0. The number of rotatable bonds is 2. The lowest BCUT2D eigenvalue weighted by atomic mass is 9.99. The van der Waals surface area contributed by atoms with Gasteiger partial charge in [-0.25, -0.2) is 0 Å². The van der Waals surface area contributed by atoms with Gasteiger partial charge in [0.1, 0.15) is 5.75 Å². The average molecular weight is 249 g/mol. The van der Waals surface area contributed by atoms with E-state index in [1.807, 2.05) is 6.92 Å². The fourth-order valence-corrected chi connectivity index (χ4v) is 2.28. The number of hydrogen-bond acceptors (Lipinski definition) is 3. The Bertz CT molecular complexity index is 486. The van der Waals surface area contributed by atoms with E-state index in [1.165, 1.54) is 17.0 Å². The average Bonchev–Trinajstić information content (AvgIpc) is 2.71. The number of phenolic OH excluding ortho intramolecular Hbond substituents is 1. The van der Waals surface area contributed by atoms with Crippen LogP contribution < -0.4 is 0 Å². The van der Waals surface area contributed by atoms with Crippen molar-refractivity contribution in [2.75, 3.05) is 13.1 Å². The molecule has 0 radical (unpaired) electrons. The van der Waals surface area contributed by atoms with Gasteiger partial charge in [0.25, 0.3) is 5.91 Å². The molecule has 0 bridgehead atoms. The molecule has 18 heavy (non-hydrogen) atoms. The van der Waals surface area contributed by atoms with Crippen molar-refractivity contribution in [2.24, 2.45) is 11.8 Å². The number of hydrogen-bond donors (Lipinski definition) is 2. The Morgan fingerprint density at radius 1 is 1.28 bits per heavy atom. The van der Waals surface area contributed by atoms with Crippen LogP contribution in [0.4, 0.5) is 0 Å². The lowest BCUT2D eigenvalue weighted by Gasteiger charge is -2.16. The molecule has 1 aliphatic rings. The molecule has 5 heteroatoms. The Morgan fingerprint density at radius 3 is 2.50 bits per heavy atom. The zero-order chi connectivity index (χ0) is 13.3. The smallest absolute Gasteiger partial charge is 0.308 e. The Kier molecular flexibility index (Phi) is 3.23. The summed E-state index contributed by atoms with van der Waals surface area (Å²) in [5.74, 6) is -1.87. The van der Waals surface area contributed by atoms with Crippen LogP contribution in [0.3, 0.4) is 0 Å². The molecular formula is C13H15NO4. The number of nitrogens with zero attached hydrogens (tertiary/aromatic N) is 1. The minimum absolute atomic E-state index is 0.0719. The summed E-state index contributed by atoms with van der Waals surface area (Å²) < 4.78 is 0. The number of benzene rings is 1. The molecule has 0 unspecified atom stereocenters. The lowest BCUT2D eigenvalue weighted by Crippen LogP contribution is -2.29. The first-order valence-corrected chi connectivity index (χ1v) is 5.80. The van der Waals surface area contributed by atoms with E-state index in [2.05, 4.69) is 0 Å². The van der Waals surface area contributed by atoms with Gasteiger partial charge in [0.15, 0.2) is 0 Å². The molecule has 5 nitrogen and oxygen atoms in total. The SMILES string of the molecule is C[C@@H]1CN(C(=O)c2ccccc2O)C[C@H]1C(=O)O. The van der Waals surface area contributed by atoms with E-state index >= 15 is 0 Å². The van der Waals surface area contributed by atoms with Gasteiger partial charge in [0.05, 0.1) is 11.5 Å². The number of carboxylic acid groups (broad SMARTS) is 1. The fourth-order valence-electron chi connectivity index (χ4n) is 2.28. The molecule has 0 spiro atoms. The summed E-state index contributed by atoms with van der Waals surface area (Å²) in [6, 6.07) is 6.29. The van der Waals surface area contributed by atoms with Gasteiger partial charge in [-0.3, -0.25) is 9.59 Å². The molecule has 1 amide bonds. The van der Waals surface area contributed by atoms with Crippen LogP contribution in [0.2, 0.25) is 0 Å². The van der Waals surface area contributed by atoms with Crippen molar-refractivity contribution >= 4 is 11.9 Å². The Hall–Kier alpha value is -2.04. The van der Waals surface area contributed by atoms with Crippen LogP contribution in [0.25, 0.3) is 0 Å². The molecule has 1 aromatic rings. The summed E-state index contributed by atoms with van der Waals surface area (Å²) in [6.07, 6.45) is 0. The van der Waals surface area contributed by atoms with Crippen LogP contribution in [0.15, 0.2) is 24.3 Å². The number of carbonyl (C=O) groups excluding carboxylic acids is 1. The summed E-state index contributed by atoms with van der Waals surface area (Å²) in [5.41, 5.74) is 0.218. The van der Waals surface area contributed by atoms with E-state index in [0.29, 0.717) is 6.54 Å². The molecule has 0 aliphatic carbocycles. The predicted molar refractivity (Wildman–Crippen MR) is 64.3 cm³/mol. The summed E-state index contributed by atoms with van der Waals surface area (Å²) in [6.45, 7) is 2.42. The first-order chi connectivity index (χ1) is 8.50. The largest absolute Gasteiger partial charge is 0.507 e. The van der Waals surface area contributed by atoms with Crippen LogP contribution >= 0.6 is 0 Å². The molecule has 0 aromatic heterocycles. The highest BCUT2D eigenvalue weighted by Crippen LogP contribution is 2.26. The molecular weight excluding hydrogens is 234 g/mol. The molecule has 1 saturated heterocycles. The maximum atomic E-state index is 12.2. The van der Waals surface area contributed by atoms with E-state index < -0.39 is 11.9 Å². The third-order valence-electron chi connectivity index (χ3n) is 3.35. The number of aromatic hydroxyl groups is 1. The first-order valence-electron chi connectivity index (χ1n) is 5.80. The van der Waals surface area contributed by atoms with E-state index in [-0.39, 0.29) is 29.7 Å². The van der Waals surface area contributed by atoms with Gasteiger partial charge in [-0.15, -0.1) is 0 Å². The summed E-state index contributed by atoms with van der Waals surface area (Å²) >= 11 is 0. The minimum Gasteiger partial charge on any atom is -0.507 e. The van der Waals surface area contributed by atoms with Crippen molar-refractivity contribution < 1.29 is 19.8 Å². The predicted octanol–water partition coefficient (Wildman–Crippen LogP) is 1.18. The second kappa shape index (κ2) is 4.68. The van der Waals surface area contributed by atoms with Gasteiger partial charge in [-0.2, -0.15) is 0 Å². The second-order valence-electron chi connectivity index (χ2n) is 4.65. The number of carboxylic acids is 1. The molecule has 2 rings (SSSR count). The third kappa shape index (κ3) is 2.16. The number of phenols is 1. The maximum Gasteiger partial charge on any atom is 0.308 e. The second-order valence-corrected chi connectivity index (χ2v) is 4.65. The van der Waals surface area contributed by atoms with Crippen molar-refractivity contribution in [1.29, 1.82) is 0 Å². The quantitative estimate of drug-likeness (QED) is 0.825. The van der Waals surface area contributed by atoms with Crippen molar-refractivity contribution in [3.63, 3.8) is 0 Å². The van der Waals surface area contributed by atoms with Gasteiger partial charge in [0, 0.05) is 13.1 Å². The Labute approximate surface area is 105 Å². The normalized spacial score (nSPS) is 23.1. The van der Waals surface area contributed by atoms with Gasteiger partial charge in [-0.1, -0.05) is 19.1 Å². The van der Waals surface area contributed by atoms with Crippen molar-refractivity contribution in [1.82, 2.24) is 4.90 Å².